The summed E-state index contributed by atoms with van der Waals surface area (Å²) in [6.45, 7) is 3.99. The largest absolute Gasteiger partial charge is 0.487 e. The maximum Gasteiger partial charge on any atom is 0.336 e. The maximum atomic E-state index is 11.2. The fraction of sp³-hybridized carbons (Fsp3) is 0.312. The van der Waals surface area contributed by atoms with Gasteiger partial charge in [-0.15, -0.1) is 11.3 Å². The number of rotatable bonds is 3. The average Bonchev–Trinajstić information content (AvgIpc) is 2.99. The number of thiophene rings is 1. The Balaban J connectivity index is 2.05. The first-order valence-corrected chi connectivity index (χ1v) is 7.56. The van der Waals surface area contributed by atoms with Crippen LogP contribution in [0.2, 0.25) is 0 Å². The van der Waals surface area contributed by atoms with Crippen molar-refractivity contribution >= 4 is 17.3 Å². The number of fused-ring (bicyclic) bond motifs is 1. The molecule has 5 heteroatoms. The topological polar surface area (TPSA) is 66.8 Å². The predicted octanol–water partition coefficient (Wildman–Crippen LogP) is 3.24. The predicted molar refractivity (Wildman–Crippen MR) is 80.2 cm³/mol. The molecule has 0 bridgehead atoms. The number of aliphatic hydroxyl groups excluding tert-OH is 1. The van der Waals surface area contributed by atoms with Crippen LogP contribution in [-0.2, 0) is 6.42 Å². The number of aromatic carboxylic acids is 1. The highest BCUT2D eigenvalue weighted by Gasteiger charge is 2.34. The molecule has 4 nitrogen and oxygen atoms in total. The molecule has 2 aromatic rings. The molecule has 0 amide bonds. The first-order chi connectivity index (χ1) is 9.89. The zero-order valence-corrected chi connectivity index (χ0v) is 12.6. The van der Waals surface area contributed by atoms with E-state index in [1.54, 1.807) is 11.4 Å². The van der Waals surface area contributed by atoms with Crippen molar-refractivity contribution in [3.05, 3.63) is 51.2 Å². The summed E-state index contributed by atoms with van der Waals surface area (Å²) in [5, 5.41) is 21.5. The Kier molecular flexibility index (Phi) is 3.26. The molecular formula is C16H16O4S. The van der Waals surface area contributed by atoms with E-state index in [1.807, 2.05) is 26.0 Å². The van der Waals surface area contributed by atoms with Crippen LogP contribution in [0.5, 0.6) is 5.75 Å². The van der Waals surface area contributed by atoms with Crippen molar-refractivity contribution in [2.45, 2.75) is 32.0 Å². The molecule has 1 aliphatic heterocycles. The fourth-order valence-corrected chi connectivity index (χ4v) is 3.59. The smallest absolute Gasteiger partial charge is 0.336 e. The molecule has 21 heavy (non-hydrogen) atoms. The van der Waals surface area contributed by atoms with E-state index >= 15 is 0 Å². The van der Waals surface area contributed by atoms with Crippen LogP contribution in [0.4, 0.5) is 0 Å². The minimum Gasteiger partial charge on any atom is -0.487 e. The second kappa shape index (κ2) is 4.86. The Labute approximate surface area is 126 Å². The van der Waals surface area contributed by atoms with Gasteiger partial charge in [-0.05, 0) is 30.9 Å². The van der Waals surface area contributed by atoms with Gasteiger partial charge >= 0.3 is 5.97 Å². The molecule has 1 unspecified atom stereocenters. The number of carbonyl (C=O) groups is 1. The number of carboxylic acids is 1. The number of carboxylic acid groups (broad SMARTS) is 1. The summed E-state index contributed by atoms with van der Waals surface area (Å²) in [5.41, 5.74) is 1.51. The SMILES string of the molecule is CC1(C)Cc2cccc(C(O)c3sccc3C(=O)O)c2O1. The molecule has 0 fully saturated rings. The van der Waals surface area contributed by atoms with Crippen molar-refractivity contribution in [3.63, 3.8) is 0 Å². The third kappa shape index (κ3) is 2.43. The zero-order chi connectivity index (χ0) is 15.2. The van der Waals surface area contributed by atoms with Crippen molar-refractivity contribution < 1.29 is 19.7 Å². The molecule has 2 heterocycles. The molecule has 3 rings (SSSR count). The lowest BCUT2D eigenvalue weighted by Crippen LogP contribution is -2.25. The molecule has 1 aliphatic rings. The van der Waals surface area contributed by atoms with Gasteiger partial charge in [0.15, 0.2) is 0 Å². The molecule has 0 saturated heterocycles. The summed E-state index contributed by atoms with van der Waals surface area (Å²) >= 11 is 1.24. The minimum atomic E-state index is -1.03. The second-order valence-electron chi connectivity index (χ2n) is 5.78. The van der Waals surface area contributed by atoms with Crippen LogP contribution in [0, 0.1) is 0 Å². The van der Waals surface area contributed by atoms with Crippen molar-refractivity contribution in [2.24, 2.45) is 0 Å². The van der Waals surface area contributed by atoms with E-state index in [0.29, 0.717) is 16.2 Å². The van der Waals surface area contributed by atoms with Crippen LogP contribution in [0.3, 0.4) is 0 Å². The van der Waals surface area contributed by atoms with Gasteiger partial charge in [-0.1, -0.05) is 18.2 Å². The van der Waals surface area contributed by atoms with Crippen molar-refractivity contribution in [1.29, 1.82) is 0 Å². The normalized spacial score (nSPS) is 17.1. The highest BCUT2D eigenvalue weighted by Crippen LogP contribution is 2.42. The van der Waals surface area contributed by atoms with Gasteiger partial charge in [0.2, 0.25) is 0 Å². The third-order valence-corrected chi connectivity index (χ3v) is 4.56. The molecule has 1 aromatic heterocycles. The third-order valence-electron chi connectivity index (χ3n) is 3.59. The number of para-hydroxylation sites is 1. The molecule has 2 N–H and O–H groups in total. The number of aliphatic hydroxyl groups is 1. The molecule has 0 saturated carbocycles. The van der Waals surface area contributed by atoms with Crippen LogP contribution < -0.4 is 4.74 Å². The van der Waals surface area contributed by atoms with Gasteiger partial charge in [0.05, 0.1) is 10.4 Å². The monoisotopic (exact) mass is 304 g/mol. The molecule has 0 spiro atoms. The number of hydrogen-bond acceptors (Lipinski definition) is 4. The Hall–Kier alpha value is -1.85. The number of benzene rings is 1. The molecule has 0 aliphatic carbocycles. The summed E-state index contributed by atoms with van der Waals surface area (Å²) in [6, 6.07) is 7.15. The quantitative estimate of drug-likeness (QED) is 0.913. The van der Waals surface area contributed by atoms with Gasteiger partial charge in [-0.25, -0.2) is 4.79 Å². The van der Waals surface area contributed by atoms with E-state index in [-0.39, 0.29) is 11.2 Å². The van der Waals surface area contributed by atoms with Gasteiger partial charge in [0, 0.05) is 12.0 Å². The van der Waals surface area contributed by atoms with E-state index in [9.17, 15) is 15.0 Å². The highest BCUT2D eigenvalue weighted by atomic mass is 32.1. The summed E-state index contributed by atoms with van der Waals surface area (Å²) in [7, 11) is 0. The highest BCUT2D eigenvalue weighted by molar-refractivity contribution is 7.10. The number of ether oxygens (including phenoxy) is 1. The Morgan fingerprint density at radius 1 is 1.38 bits per heavy atom. The Morgan fingerprint density at radius 3 is 2.86 bits per heavy atom. The maximum absolute atomic E-state index is 11.2. The lowest BCUT2D eigenvalue weighted by atomic mass is 9.98. The van der Waals surface area contributed by atoms with Gasteiger partial charge in [0.1, 0.15) is 17.5 Å². The van der Waals surface area contributed by atoms with Gasteiger partial charge in [-0.3, -0.25) is 0 Å². The first kappa shape index (κ1) is 14.1. The Morgan fingerprint density at radius 2 is 2.14 bits per heavy atom. The van der Waals surface area contributed by atoms with Gasteiger partial charge < -0.3 is 14.9 Å². The summed E-state index contributed by atoms with van der Waals surface area (Å²) in [5.74, 6) is -0.348. The zero-order valence-electron chi connectivity index (χ0n) is 11.8. The standard InChI is InChI=1S/C16H16O4S/c1-16(2)8-9-4-3-5-10(13(9)20-16)12(17)14-11(15(18)19)6-7-21-14/h3-7,12,17H,8H2,1-2H3,(H,18,19). The second-order valence-corrected chi connectivity index (χ2v) is 6.73. The van der Waals surface area contributed by atoms with Gasteiger partial charge in [0.25, 0.3) is 0 Å². The van der Waals surface area contributed by atoms with Crippen LogP contribution in [-0.4, -0.2) is 21.8 Å². The summed E-state index contributed by atoms with van der Waals surface area (Å²) in [6.07, 6.45) is -0.209. The van der Waals surface area contributed by atoms with E-state index in [0.717, 1.165) is 12.0 Å². The fourth-order valence-electron chi connectivity index (χ4n) is 2.71. The Bertz CT molecular complexity index is 702. The van der Waals surface area contributed by atoms with E-state index in [2.05, 4.69) is 0 Å². The molecule has 1 aromatic carbocycles. The van der Waals surface area contributed by atoms with E-state index < -0.39 is 12.1 Å². The van der Waals surface area contributed by atoms with E-state index in [1.165, 1.54) is 17.4 Å². The molecular weight excluding hydrogens is 288 g/mol. The molecule has 0 radical (unpaired) electrons. The lowest BCUT2D eigenvalue weighted by Gasteiger charge is -2.19. The summed E-state index contributed by atoms with van der Waals surface area (Å²) < 4.78 is 5.94. The lowest BCUT2D eigenvalue weighted by molar-refractivity contribution is 0.0692. The van der Waals surface area contributed by atoms with Crippen LogP contribution in [0.1, 0.15) is 46.3 Å². The molecule has 110 valence electrons. The van der Waals surface area contributed by atoms with Crippen molar-refractivity contribution in [1.82, 2.24) is 0 Å². The molecule has 1 atom stereocenters. The first-order valence-electron chi connectivity index (χ1n) is 6.68. The van der Waals surface area contributed by atoms with Crippen LogP contribution in [0.25, 0.3) is 0 Å². The minimum absolute atomic E-state index is 0.141. The van der Waals surface area contributed by atoms with Gasteiger partial charge in [-0.2, -0.15) is 0 Å². The van der Waals surface area contributed by atoms with E-state index in [4.69, 9.17) is 4.74 Å². The number of hydrogen-bond donors (Lipinski definition) is 2. The summed E-state index contributed by atoms with van der Waals surface area (Å²) in [4.78, 5) is 11.7. The van der Waals surface area contributed by atoms with Crippen LogP contribution in [0.15, 0.2) is 29.6 Å². The van der Waals surface area contributed by atoms with Crippen LogP contribution >= 0.6 is 11.3 Å². The van der Waals surface area contributed by atoms with Crippen molar-refractivity contribution in [3.8, 4) is 5.75 Å². The van der Waals surface area contributed by atoms with Crippen molar-refractivity contribution in [2.75, 3.05) is 0 Å². The average molecular weight is 304 g/mol.